The van der Waals surface area contributed by atoms with E-state index in [1.54, 1.807) is 0 Å². The maximum absolute atomic E-state index is 12.6. The molecule has 0 aliphatic carbocycles. The van der Waals surface area contributed by atoms with Crippen molar-refractivity contribution in [2.75, 3.05) is 5.32 Å². The van der Waals surface area contributed by atoms with E-state index in [1.807, 2.05) is 0 Å². The number of nitro groups is 1. The molecule has 0 saturated heterocycles. The number of hydrogen-bond donors (Lipinski definition) is 1. The Balaban J connectivity index is 2.23. The number of benzene rings is 1. The number of amides is 1. The molecule has 0 aliphatic heterocycles. The molecule has 1 aromatic carbocycles. The van der Waals surface area contributed by atoms with Gasteiger partial charge in [-0.05, 0) is 31.2 Å². The van der Waals surface area contributed by atoms with Crippen LogP contribution in [0.4, 0.5) is 24.7 Å². The van der Waals surface area contributed by atoms with E-state index in [2.05, 4.69) is 10.3 Å². The van der Waals surface area contributed by atoms with Crippen molar-refractivity contribution in [1.82, 2.24) is 4.98 Å². The number of anilines is 1. The number of nitrogens with zero attached hydrogens (tertiary/aromatic N) is 2. The Morgan fingerprint density at radius 1 is 1.26 bits per heavy atom. The molecule has 9 heteroatoms. The lowest BCUT2D eigenvalue weighted by Gasteiger charge is -2.09. The van der Waals surface area contributed by atoms with Gasteiger partial charge in [-0.15, -0.1) is 0 Å². The minimum Gasteiger partial charge on any atom is -0.307 e. The highest BCUT2D eigenvalue weighted by Gasteiger charge is 2.30. The van der Waals surface area contributed by atoms with Crippen LogP contribution in [-0.2, 0) is 6.18 Å². The molecule has 2 aromatic rings. The summed E-state index contributed by atoms with van der Waals surface area (Å²) in [5, 5.41) is 12.9. The molecule has 0 spiro atoms. The lowest BCUT2D eigenvalue weighted by molar-refractivity contribution is -0.385. The van der Waals surface area contributed by atoms with Crippen molar-refractivity contribution in [3.05, 3.63) is 63.3 Å². The molecule has 6 nitrogen and oxygen atoms in total. The predicted octanol–water partition coefficient (Wildman–Crippen LogP) is 3.57. The standard InChI is InChI=1S/C14H10F3N3O3/c1-8-6-9(2-3-11(8)20(22)23)13(21)19-12-7-10(4-5-18-12)14(15,16)17/h2-7H,1H3,(H,18,19,21). The average Bonchev–Trinajstić information content (AvgIpc) is 2.46. The zero-order chi connectivity index (χ0) is 17.2. The number of nitrogens with one attached hydrogen (secondary N) is 1. The van der Waals surface area contributed by atoms with E-state index in [9.17, 15) is 28.1 Å². The van der Waals surface area contributed by atoms with Crippen LogP contribution in [0.25, 0.3) is 0 Å². The summed E-state index contributed by atoms with van der Waals surface area (Å²) in [5.74, 6) is -0.976. The molecule has 1 amide bonds. The molecule has 1 aromatic heterocycles. The van der Waals surface area contributed by atoms with E-state index in [-0.39, 0.29) is 22.6 Å². The van der Waals surface area contributed by atoms with Gasteiger partial charge in [0, 0.05) is 23.4 Å². The summed E-state index contributed by atoms with van der Waals surface area (Å²) in [7, 11) is 0. The number of pyridine rings is 1. The van der Waals surface area contributed by atoms with Gasteiger partial charge in [-0.1, -0.05) is 0 Å². The van der Waals surface area contributed by atoms with Crippen LogP contribution < -0.4 is 5.32 Å². The zero-order valence-electron chi connectivity index (χ0n) is 11.7. The molecule has 0 aliphatic rings. The normalized spacial score (nSPS) is 11.1. The Morgan fingerprint density at radius 3 is 2.52 bits per heavy atom. The lowest BCUT2D eigenvalue weighted by Crippen LogP contribution is -2.14. The number of aromatic nitrogens is 1. The summed E-state index contributed by atoms with van der Waals surface area (Å²) in [4.78, 5) is 25.8. The summed E-state index contributed by atoms with van der Waals surface area (Å²) in [5.41, 5.74) is -0.756. The molecule has 23 heavy (non-hydrogen) atoms. The van der Waals surface area contributed by atoms with Gasteiger partial charge < -0.3 is 5.32 Å². The van der Waals surface area contributed by atoms with Gasteiger partial charge in [0.25, 0.3) is 11.6 Å². The summed E-state index contributed by atoms with van der Waals surface area (Å²) >= 11 is 0. The SMILES string of the molecule is Cc1cc(C(=O)Nc2cc(C(F)(F)F)ccn2)ccc1[N+](=O)[O-]. The topological polar surface area (TPSA) is 85.1 Å². The molecule has 1 N–H and O–H groups in total. The van der Waals surface area contributed by atoms with Gasteiger partial charge >= 0.3 is 6.18 Å². The minimum absolute atomic E-state index is 0.0762. The number of aryl methyl sites for hydroxylation is 1. The summed E-state index contributed by atoms with van der Waals surface area (Å²) < 4.78 is 37.8. The van der Waals surface area contributed by atoms with Crippen LogP contribution in [0.5, 0.6) is 0 Å². The Bertz CT molecular complexity index is 775. The third kappa shape index (κ3) is 3.82. The highest BCUT2D eigenvalue weighted by Crippen LogP contribution is 2.30. The minimum atomic E-state index is -4.55. The van der Waals surface area contributed by atoms with E-state index >= 15 is 0 Å². The van der Waals surface area contributed by atoms with Crippen molar-refractivity contribution in [2.24, 2.45) is 0 Å². The first-order valence-electron chi connectivity index (χ1n) is 6.28. The van der Waals surface area contributed by atoms with Crippen molar-refractivity contribution in [2.45, 2.75) is 13.1 Å². The number of carbonyl (C=O) groups is 1. The van der Waals surface area contributed by atoms with Gasteiger partial charge in [-0.3, -0.25) is 14.9 Å². The molecule has 2 rings (SSSR count). The quantitative estimate of drug-likeness (QED) is 0.690. The summed E-state index contributed by atoms with van der Waals surface area (Å²) in [6, 6.07) is 5.14. The van der Waals surface area contributed by atoms with Gasteiger partial charge in [0.05, 0.1) is 10.5 Å². The molecule has 120 valence electrons. The van der Waals surface area contributed by atoms with Crippen molar-refractivity contribution < 1.29 is 22.9 Å². The average molecular weight is 325 g/mol. The van der Waals surface area contributed by atoms with E-state index in [1.165, 1.54) is 19.1 Å². The Kier molecular flexibility index (Phi) is 4.30. The van der Waals surface area contributed by atoms with Crippen molar-refractivity contribution in [1.29, 1.82) is 0 Å². The van der Waals surface area contributed by atoms with Gasteiger partial charge in [0.2, 0.25) is 0 Å². The largest absolute Gasteiger partial charge is 0.416 e. The Morgan fingerprint density at radius 2 is 1.96 bits per heavy atom. The molecule has 0 saturated carbocycles. The lowest BCUT2D eigenvalue weighted by atomic mass is 10.1. The molecule has 0 atom stereocenters. The van der Waals surface area contributed by atoms with Crippen molar-refractivity contribution in [3.63, 3.8) is 0 Å². The zero-order valence-corrected chi connectivity index (χ0v) is 11.7. The first kappa shape index (κ1) is 16.4. The number of nitro benzene ring substituents is 1. The summed E-state index contributed by atoms with van der Waals surface area (Å²) in [6.45, 7) is 1.46. The fraction of sp³-hybridized carbons (Fsp3) is 0.143. The van der Waals surface area contributed by atoms with E-state index in [0.717, 1.165) is 18.3 Å². The summed E-state index contributed by atoms with van der Waals surface area (Å²) in [6.07, 6.45) is -3.62. The second-order valence-electron chi connectivity index (χ2n) is 4.64. The molecule has 0 unspecified atom stereocenters. The van der Waals surface area contributed by atoms with E-state index < -0.39 is 22.6 Å². The number of halogens is 3. The smallest absolute Gasteiger partial charge is 0.307 e. The van der Waals surface area contributed by atoms with Crippen LogP contribution in [0.2, 0.25) is 0 Å². The van der Waals surface area contributed by atoms with E-state index in [4.69, 9.17) is 0 Å². The molecule has 1 heterocycles. The first-order chi connectivity index (χ1) is 10.7. The van der Waals surface area contributed by atoms with Crippen LogP contribution in [-0.4, -0.2) is 15.8 Å². The Hall–Kier alpha value is -2.97. The van der Waals surface area contributed by atoms with Gasteiger partial charge in [0.1, 0.15) is 5.82 Å². The maximum Gasteiger partial charge on any atom is 0.416 e. The molecule has 0 radical (unpaired) electrons. The van der Waals surface area contributed by atoms with Crippen LogP contribution in [0.3, 0.4) is 0 Å². The van der Waals surface area contributed by atoms with Crippen molar-refractivity contribution >= 4 is 17.4 Å². The number of rotatable bonds is 3. The number of hydrogen-bond acceptors (Lipinski definition) is 4. The number of carbonyl (C=O) groups excluding carboxylic acids is 1. The molecule has 0 fully saturated rings. The van der Waals surface area contributed by atoms with Gasteiger partial charge in [0.15, 0.2) is 0 Å². The van der Waals surface area contributed by atoms with E-state index in [0.29, 0.717) is 6.07 Å². The second kappa shape index (κ2) is 6.03. The van der Waals surface area contributed by atoms with Gasteiger partial charge in [-0.25, -0.2) is 4.98 Å². The molecule has 0 bridgehead atoms. The maximum atomic E-state index is 12.6. The van der Waals surface area contributed by atoms with Crippen LogP contribution in [0.15, 0.2) is 36.5 Å². The third-order valence-electron chi connectivity index (χ3n) is 2.98. The number of alkyl halides is 3. The van der Waals surface area contributed by atoms with Crippen molar-refractivity contribution in [3.8, 4) is 0 Å². The Labute approximate surface area is 128 Å². The van der Waals surface area contributed by atoms with Crippen LogP contribution >= 0.6 is 0 Å². The predicted molar refractivity (Wildman–Crippen MR) is 75.0 cm³/mol. The highest BCUT2D eigenvalue weighted by molar-refractivity contribution is 6.04. The molecular formula is C14H10F3N3O3. The fourth-order valence-electron chi connectivity index (χ4n) is 1.87. The monoisotopic (exact) mass is 325 g/mol. The molecular weight excluding hydrogens is 315 g/mol. The van der Waals surface area contributed by atoms with Crippen LogP contribution in [0, 0.1) is 17.0 Å². The first-order valence-corrected chi connectivity index (χ1v) is 6.28. The van der Waals surface area contributed by atoms with Gasteiger partial charge in [-0.2, -0.15) is 13.2 Å². The highest BCUT2D eigenvalue weighted by atomic mass is 19.4. The fourth-order valence-corrected chi connectivity index (χ4v) is 1.87. The second-order valence-corrected chi connectivity index (χ2v) is 4.64. The third-order valence-corrected chi connectivity index (χ3v) is 2.98. The van der Waals surface area contributed by atoms with Crippen LogP contribution in [0.1, 0.15) is 21.5 Å².